The molecule has 3 rings (SSSR count). The van der Waals surface area contributed by atoms with Crippen LogP contribution in [0.5, 0.6) is 5.75 Å². The van der Waals surface area contributed by atoms with E-state index >= 15 is 0 Å². The van der Waals surface area contributed by atoms with E-state index in [1.54, 1.807) is 0 Å². The Hall–Kier alpha value is -1.59. The summed E-state index contributed by atoms with van der Waals surface area (Å²) in [6.45, 7) is 1.31. The zero-order chi connectivity index (χ0) is 16.1. The largest absolute Gasteiger partial charge is 0.490 e. The Labute approximate surface area is 137 Å². The highest BCUT2D eigenvalue weighted by molar-refractivity contribution is 5.97. The van der Waals surface area contributed by atoms with Gasteiger partial charge in [0.2, 0.25) is 0 Å². The van der Waals surface area contributed by atoms with Gasteiger partial charge in [0.15, 0.2) is 0 Å². The lowest BCUT2D eigenvalue weighted by Crippen LogP contribution is -2.40. The molecule has 2 fully saturated rings. The summed E-state index contributed by atoms with van der Waals surface area (Å²) in [5.74, 6) is 0.571. The minimum absolute atomic E-state index is 0.0617. The van der Waals surface area contributed by atoms with Crippen molar-refractivity contribution in [2.75, 3.05) is 13.2 Å². The van der Waals surface area contributed by atoms with E-state index in [4.69, 9.17) is 15.2 Å². The monoisotopic (exact) mass is 318 g/mol. The number of carbonyl (C=O) groups is 1. The zero-order valence-electron chi connectivity index (χ0n) is 13.5. The third-order valence-electron chi connectivity index (χ3n) is 4.69. The predicted molar refractivity (Wildman–Crippen MR) is 88.6 cm³/mol. The van der Waals surface area contributed by atoms with Gasteiger partial charge in [-0.25, -0.2) is 0 Å². The Morgan fingerprint density at radius 2 is 2.00 bits per heavy atom. The third kappa shape index (κ3) is 4.45. The first kappa shape index (κ1) is 16.3. The first-order chi connectivity index (χ1) is 11.2. The van der Waals surface area contributed by atoms with Crippen LogP contribution in [-0.4, -0.2) is 37.3 Å². The van der Waals surface area contributed by atoms with E-state index in [1.165, 1.54) is 0 Å². The average Bonchev–Trinajstić information content (AvgIpc) is 3.09. The number of hydrogen-bond acceptors (Lipinski definition) is 4. The lowest BCUT2D eigenvalue weighted by Gasteiger charge is -2.27. The van der Waals surface area contributed by atoms with Gasteiger partial charge < -0.3 is 20.5 Å². The molecule has 126 valence electrons. The number of hydrogen-bond donors (Lipinski definition) is 2. The van der Waals surface area contributed by atoms with Crippen LogP contribution < -0.4 is 15.8 Å². The second-order valence-corrected chi connectivity index (χ2v) is 6.53. The molecule has 0 radical (unpaired) electrons. The molecule has 5 heteroatoms. The van der Waals surface area contributed by atoms with Gasteiger partial charge in [0, 0.05) is 18.7 Å². The highest BCUT2D eigenvalue weighted by Crippen LogP contribution is 2.22. The normalized spacial score (nSPS) is 27.6. The van der Waals surface area contributed by atoms with Gasteiger partial charge >= 0.3 is 0 Å². The Balaban J connectivity index is 1.58. The number of nitrogens with one attached hydrogen (secondary N) is 1. The molecule has 1 saturated carbocycles. The fourth-order valence-electron chi connectivity index (χ4n) is 3.27. The molecule has 0 spiro atoms. The van der Waals surface area contributed by atoms with Gasteiger partial charge in [-0.05, 0) is 50.7 Å². The molecule has 0 bridgehead atoms. The molecule has 2 aliphatic rings. The third-order valence-corrected chi connectivity index (χ3v) is 4.69. The van der Waals surface area contributed by atoms with Crippen LogP contribution in [0.3, 0.4) is 0 Å². The standard InChI is InChI=1S/C18H26N2O3/c19-13-7-9-14(10-8-13)20-18(21)16-5-1-2-6-17(16)23-12-15-4-3-11-22-15/h1-2,5-6,13-15H,3-4,7-12,19H2,(H,20,21). The first-order valence-corrected chi connectivity index (χ1v) is 8.62. The zero-order valence-corrected chi connectivity index (χ0v) is 13.5. The van der Waals surface area contributed by atoms with Crippen molar-refractivity contribution in [2.45, 2.75) is 56.7 Å². The molecule has 1 aromatic rings. The quantitative estimate of drug-likeness (QED) is 0.873. The Kier molecular flexibility index (Phi) is 5.51. The SMILES string of the molecule is NC1CCC(NC(=O)c2ccccc2OCC2CCCO2)CC1. The molecular weight excluding hydrogens is 292 g/mol. The van der Waals surface area contributed by atoms with Crippen molar-refractivity contribution in [2.24, 2.45) is 5.73 Å². The van der Waals surface area contributed by atoms with Gasteiger partial charge in [-0.1, -0.05) is 12.1 Å². The van der Waals surface area contributed by atoms with Crippen LogP contribution in [-0.2, 0) is 4.74 Å². The average molecular weight is 318 g/mol. The summed E-state index contributed by atoms with van der Waals surface area (Å²) < 4.78 is 11.4. The first-order valence-electron chi connectivity index (χ1n) is 8.62. The Morgan fingerprint density at radius 1 is 1.22 bits per heavy atom. The Morgan fingerprint density at radius 3 is 2.74 bits per heavy atom. The van der Waals surface area contributed by atoms with E-state index in [0.717, 1.165) is 45.1 Å². The van der Waals surface area contributed by atoms with E-state index in [0.29, 0.717) is 17.9 Å². The molecule has 1 aliphatic heterocycles. The molecular formula is C18H26N2O3. The number of nitrogens with two attached hydrogens (primary N) is 1. The molecule has 1 saturated heterocycles. The summed E-state index contributed by atoms with van der Waals surface area (Å²) in [7, 11) is 0. The van der Waals surface area contributed by atoms with Crippen molar-refractivity contribution in [1.29, 1.82) is 0 Å². The molecule has 0 aromatic heterocycles. The van der Waals surface area contributed by atoms with Crippen LogP contribution in [0.15, 0.2) is 24.3 Å². The van der Waals surface area contributed by atoms with Crippen LogP contribution in [0, 0.1) is 0 Å². The maximum Gasteiger partial charge on any atom is 0.255 e. The number of benzene rings is 1. The highest BCUT2D eigenvalue weighted by atomic mass is 16.5. The van der Waals surface area contributed by atoms with E-state index in [2.05, 4.69) is 5.32 Å². The lowest BCUT2D eigenvalue weighted by atomic mass is 9.91. The minimum Gasteiger partial charge on any atom is -0.490 e. The van der Waals surface area contributed by atoms with Crippen LogP contribution >= 0.6 is 0 Å². The summed E-state index contributed by atoms with van der Waals surface area (Å²) >= 11 is 0. The summed E-state index contributed by atoms with van der Waals surface area (Å²) in [6.07, 6.45) is 6.10. The van der Waals surface area contributed by atoms with Gasteiger partial charge in [0.1, 0.15) is 12.4 Å². The second kappa shape index (κ2) is 7.79. The molecule has 1 atom stereocenters. The lowest BCUT2D eigenvalue weighted by molar-refractivity contribution is 0.0669. The molecule has 1 amide bonds. The molecule has 1 aliphatic carbocycles. The van der Waals surface area contributed by atoms with Crippen LogP contribution in [0.1, 0.15) is 48.9 Å². The molecule has 5 nitrogen and oxygen atoms in total. The number of carbonyl (C=O) groups excluding carboxylic acids is 1. The highest BCUT2D eigenvalue weighted by Gasteiger charge is 2.22. The summed E-state index contributed by atoms with van der Waals surface area (Å²) in [5, 5.41) is 3.12. The number of para-hydroxylation sites is 1. The van der Waals surface area contributed by atoms with Gasteiger partial charge in [-0.3, -0.25) is 4.79 Å². The van der Waals surface area contributed by atoms with Gasteiger partial charge in [0.25, 0.3) is 5.91 Å². The summed E-state index contributed by atoms with van der Waals surface area (Å²) in [6, 6.07) is 7.92. The number of rotatable bonds is 5. The smallest absolute Gasteiger partial charge is 0.255 e. The molecule has 1 aromatic carbocycles. The minimum atomic E-state index is -0.0617. The molecule has 23 heavy (non-hydrogen) atoms. The van der Waals surface area contributed by atoms with Crippen LogP contribution in [0.2, 0.25) is 0 Å². The van der Waals surface area contributed by atoms with Crippen molar-refractivity contribution in [3.8, 4) is 5.75 Å². The van der Waals surface area contributed by atoms with Crippen molar-refractivity contribution in [3.05, 3.63) is 29.8 Å². The van der Waals surface area contributed by atoms with Crippen LogP contribution in [0.25, 0.3) is 0 Å². The van der Waals surface area contributed by atoms with Crippen molar-refractivity contribution < 1.29 is 14.3 Å². The maximum atomic E-state index is 12.6. The van der Waals surface area contributed by atoms with Gasteiger partial charge in [-0.2, -0.15) is 0 Å². The molecule has 1 heterocycles. The van der Waals surface area contributed by atoms with Gasteiger partial charge in [0.05, 0.1) is 11.7 Å². The maximum absolute atomic E-state index is 12.6. The van der Waals surface area contributed by atoms with Crippen molar-refractivity contribution in [1.82, 2.24) is 5.32 Å². The van der Waals surface area contributed by atoms with E-state index < -0.39 is 0 Å². The molecule has 1 unspecified atom stereocenters. The second-order valence-electron chi connectivity index (χ2n) is 6.53. The van der Waals surface area contributed by atoms with Crippen molar-refractivity contribution in [3.63, 3.8) is 0 Å². The summed E-state index contributed by atoms with van der Waals surface area (Å²) in [4.78, 5) is 12.6. The topological polar surface area (TPSA) is 73.6 Å². The van der Waals surface area contributed by atoms with E-state index in [9.17, 15) is 4.79 Å². The number of ether oxygens (including phenoxy) is 2. The molecule has 3 N–H and O–H groups in total. The van der Waals surface area contributed by atoms with Crippen LogP contribution in [0.4, 0.5) is 0 Å². The Bertz CT molecular complexity index is 521. The fourth-order valence-corrected chi connectivity index (χ4v) is 3.27. The van der Waals surface area contributed by atoms with Gasteiger partial charge in [-0.15, -0.1) is 0 Å². The predicted octanol–water partition coefficient (Wildman–Crippen LogP) is 2.24. The van der Waals surface area contributed by atoms with E-state index in [-0.39, 0.29) is 24.1 Å². The summed E-state index contributed by atoms with van der Waals surface area (Å²) in [5.41, 5.74) is 6.52. The number of amides is 1. The van der Waals surface area contributed by atoms with E-state index in [1.807, 2.05) is 24.3 Å². The fraction of sp³-hybridized carbons (Fsp3) is 0.611. The van der Waals surface area contributed by atoms with Crippen molar-refractivity contribution >= 4 is 5.91 Å².